The second-order valence-electron chi connectivity index (χ2n) is 4.82. The van der Waals surface area contributed by atoms with E-state index in [0.29, 0.717) is 37.6 Å². The Morgan fingerprint density at radius 3 is 2.35 bits per heavy atom. The number of hydrogen-bond acceptors (Lipinski definition) is 5. The highest BCUT2D eigenvalue weighted by Crippen LogP contribution is 2.10. The standard InChI is InChI=1S/C15H27N3O3.2ClH/c1-4-17(5-2)6-7-18(8-9-20-3)15(19)13-10-14(11-16)21-12-13;;/h10,12H,4-9,11,16H2,1-3H3;2*1H. The molecule has 0 aliphatic heterocycles. The van der Waals surface area contributed by atoms with Crippen LogP contribution in [0.4, 0.5) is 0 Å². The third-order valence-corrected chi connectivity index (χ3v) is 3.54. The van der Waals surface area contributed by atoms with Crippen molar-refractivity contribution in [3.63, 3.8) is 0 Å². The summed E-state index contributed by atoms with van der Waals surface area (Å²) in [4.78, 5) is 16.6. The van der Waals surface area contributed by atoms with Crippen LogP contribution in [0.15, 0.2) is 16.7 Å². The average molecular weight is 370 g/mol. The molecule has 0 fully saturated rings. The van der Waals surface area contributed by atoms with Crippen LogP contribution in [0.25, 0.3) is 0 Å². The molecule has 2 N–H and O–H groups in total. The predicted molar refractivity (Wildman–Crippen MR) is 96.7 cm³/mol. The molecular weight excluding hydrogens is 341 g/mol. The number of halogens is 2. The maximum Gasteiger partial charge on any atom is 0.257 e. The number of likely N-dealkylation sites (N-methyl/N-ethyl adjacent to an activating group) is 1. The van der Waals surface area contributed by atoms with E-state index >= 15 is 0 Å². The molecule has 0 aliphatic carbocycles. The van der Waals surface area contributed by atoms with E-state index in [0.717, 1.165) is 19.6 Å². The van der Waals surface area contributed by atoms with E-state index in [1.807, 2.05) is 0 Å². The van der Waals surface area contributed by atoms with Crippen LogP contribution in [0, 0.1) is 0 Å². The van der Waals surface area contributed by atoms with Crippen molar-refractivity contribution in [2.75, 3.05) is 46.4 Å². The van der Waals surface area contributed by atoms with Crippen LogP contribution < -0.4 is 5.73 Å². The van der Waals surface area contributed by atoms with Crippen molar-refractivity contribution in [1.29, 1.82) is 0 Å². The summed E-state index contributed by atoms with van der Waals surface area (Å²) >= 11 is 0. The molecule has 1 aromatic rings. The topological polar surface area (TPSA) is 71.9 Å². The number of hydrogen-bond donors (Lipinski definition) is 1. The Kier molecular flexibility index (Phi) is 14.5. The molecule has 0 saturated heterocycles. The van der Waals surface area contributed by atoms with Crippen molar-refractivity contribution < 1.29 is 13.9 Å². The molecule has 1 rings (SSSR count). The van der Waals surface area contributed by atoms with Gasteiger partial charge in [0.05, 0.1) is 18.7 Å². The summed E-state index contributed by atoms with van der Waals surface area (Å²) in [5, 5.41) is 0. The predicted octanol–water partition coefficient (Wildman–Crippen LogP) is 2.01. The first kappa shape index (κ1) is 24.5. The van der Waals surface area contributed by atoms with Crippen molar-refractivity contribution in [3.8, 4) is 0 Å². The molecule has 0 bridgehead atoms. The molecule has 8 heteroatoms. The second kappa shape index (κ2) is 13.6. The van der Waals surface area contributed by atoms with Crippen LogP contribution in [-0.4, -0.2) is 62.1 Å². The Balaban J connectivity index is 0. The largest absolute Gasteiger partial charge is 0.467 e. The number of furan rings is 1. The molecule has 0 atom stereocenters. The van der Waals surface area contributed by atoms with Crippen molar-refractivity contribution in [2.24, 2.45) is 5.73 Å². The minimum Gasteiger partial charge on any atom is -0.467 e. The van der Waals surface area contributed by atoms with Crippen molar-refractivity contribution in [1.82, 2.24) is 9.80 Å². The Labute approximate surface area is 151 Å². The van der Waals surface area contributed by atoms with E-state index < -0.39 is 0 Å². The zero-order valence-corrected chi connectivity index (χ0v) is 15.8. The third kappa shape index (κ3) is 8.04. The zero-order chi connectivity index (χ0) is 15.7. The van der Waals surface area contributed by atoms with Gasteiger partial charge >= 0.3 is 0 Å². The summed E-state index contributed by atoms with van der Waals surface area (Å²) < 4.78 is 10.3. The maximum atomic E-state index is 12.5. The Bertz CT molecular complexity index is 426. The van der Waals surface area contributed by atoms with Gasteiger partial charge in [0.25, 0.3) is 5.91 Å². The van der Waals surface area contributed by atoms with Crippen molar-refractivity contribution >= 4 is 30.7 Å². The van der Waals surface area contributed by atoms with Gasteiger partial charge in [-0.05, 0) is 19.2 Å². The molecule has 0 unspecified atom stereocenters. The quantitative estimate of drug-likeness (QED) is 0.682. The maximum absolute atomic E-state index is 12.5. The molecule has 0 aromatic carbocycles. The Morgan fingerprint density at radius 1 is 1.22 bits per heavy atom. The first-order valence-electron chi connectivity index (χ1n) is 7.44. The molecule has 1 amide bonds. The highest BCUT2D eigenvalue weighted by molar-refractivity contribution is 5.94. The van der Waals surface area contributed by atoms with Crippen LogP contribution >= 0.6 is 24.8 Å². The Morgan fingerprint density at radius 2 is 1.87 bits per heavy atom. The van der Waals surface area contributed by atoms with Crippen LogP contribution in [0.1, 0.15) is 30.0 Å². The van der Waals surface area contributed by atoms with E-state index in [9.17, 15) is 4.79 Å². The molecule has 1 aromatic heterocycles. The van der Waals surface area contributed by atoms with Gasteiger partial charge in [-0.2, -0.15) is 0 Å². The van der Waals surface area contributed by atoms with E-state index in [-0.39, 0.29) is 30.7 Å². The molecule has 0 saturated carbocycles. The van der Waals surface area contributed by atoms with Gasteiger partial charge in [-0.3, -0.25) is 4.79 Å². The number of carbonyl (C=O) groups excluding carboxylic acids is 1. The van der Waals surface area contributed by atoms with Gasteiger partial charge < -0.3 is 24.7 Å². The molecule has 1 heterocycles. The third-order valence-electron chi connectivity index (χ3n) is 3.54. The minimum absolute atomic E-state index is 0. The van der Waals surface area contributed by atoms with E-state index in [1.54, 1.807) is 18.1 Å². The number of nitrogens with two attached hydrogens (primary N) is 1. The number of carbonyl (C=O) groups is 1. The van der Waals surface area contributed by atoms with Crippen molar-refractivity contribution in [3.05, 3.63) is 23.7 Å². The fourth-order valence-corrected chi connectivity index (χ4v) is 2.10. The molecule has 0 aliphatic rings. The SMILES string of the molecule is CCN(CC)CCN(CCOC)C(=O)c1coc(CN)c1.Cl.Cl. The van der Waals surface area contributed by atoms with Crippen LogP contribution in [-0.2, 0) is 11.3 Å². The summed E-state index contributed by atoms with van der Waals surface area (Å²) in [6.45, 7) is 9.10. The van der Waals surface area contributed by atoms with Crippen molar-refractivity contribution in [2.45, 2.75) is 20.4 Å². The van der Waals surface area contributed by atoms with Gasteiger partial charge in [0.1, 0.15) is 12.0 Å². The summed E-state index contributed by atoms with van der Waals surface area (Å²) in [5.74, 6) is 0.580. The summed E-state index contributed by atoms with van der Waals surface area (Å²) in [7, 11) is 1.64. The molecule has 0 radical (unpaired) electrons. The van der Waals surface area contributed by atoms with Gasteiger partial charge in [0.15, 0.2) is 0 Å². The molecule has 0 spiro atoms. The number of rotatable bonds is 10. The minimum atomic E-state index is -0.0392. The zero-order valence-electron chi connectivity index (χ0n) is 14.1. The highest BCUT2D eigenvalue weighted by Gasteiger charge is 2.18. The lowest BCUT2D eigenvalue weighted by Crippen LogP contribution is -2.40. The van der Waals surface area contributed by atoms with Crippen LogP contribution in [0.3, 0.4) is 0 Å². The number of nitrogens with zero attached hydrogens (tertiary/aromatic N) is 2. The first-order valence-corrected chi connectivity index (χ1v) is 7.44. The fourth-order valence-electron chi connectivity index (χ4n) is 2.10. The average Bonchev–Trinajstić information content (AvgIpc) is 2.99. The van der Waals surface area contributed by atoms with Gasteiger partial charge in [-0.25, -0.2) is 0 Å². The lowest BCUT2D eigenvalue weighted by Gasteiger charge is -2.26. The normalized spacial score (nSPS) is 10.1. The van der Waals surface area contributed by atoms with Gasteiger partial charge in [-0.15, -0.1) is 24.8 Å². The molecule has 136 valence electrons. The van der Waals surface area contributed by atoms with Gasteiger partial charge in [0.2, 0.25) is 0 Å². The second-order valence-corrected chi connectivity index (χ2v) is 4.82. The summed E-state index contributed by atoms with van der Waals surface area (Å²) in [6, 6.07) is 1.71. The fraction of sp³-hybridized carbons (Fsp3) is 0.667. The monoisotopic (exact) mass is 369 g/mol. The van der Waals surface area contributed by atoms with Gasteiger partial charge in [0, 0.05) is 26.7 Å². The van der Waals surface area contributed by atoms with E-state index in [4.69, 9.17) is 14.9 Å². The molecule has 6 nitrogen and oxygen atoms in total. The highest BCUT2D eigenvalue weighted by atomic mass is 35.5. The Hall–Kier alpha value is -0.790. The number of methoxy groups -OCH3 is 1. The van der Waals surface area contributed by atoms with E-state index in [2.05, 4.69) is 18.7 Å². The summed E-state index contributed by atoms with van der Waals surface area (Å²) in [5.41, 5.74) is 6.06. The summed E-state index contributed by atoms with van der Waals surface area (Å²) in [6.07, 6.45) is 1.47. The van der Waals surface area contributed by atoms with Gasteiger partial charge in [-0.1, -0.05) is 13.8 Å². The lowest BCUT2D eigenvalue weighted by atomic mass is 10.2. The van der Waals surface area contributed by atoms with Crippen LogP contribution in [0.5, 0.6) is 0 Å². The molecular formula is C15H29Cl2N3O3. The molecule has 23 heavy (non-hydrogen) atoms. The first-order chi connectivity index (χ1) is 10.2. The number of amides is 1. The van der Waals surface area contributed by atoms with E-state index in [1.165, 1.54) is 6.26 Å². The lowest BCUT2D eigenvalue weighted by molar-refractivity contribution is 0.0673. The number of ether oxygens (including phenoxy) is 1. The smallest absolute Gasteiger partial charge is 0.257 e. The van der Waals surface area contributed by atoms with Crippen LogP contribution in [0.2, 0.25) is 0 Å².